The summed E-state index contributed by atoms with van der Waals surface area (Å²) in [7, 11) is 5.30. The molecule has 126 valence electrons. The molecular formula is C18H20N2O4. The zero-order chi connectivity index (χ0) is 17.3. The van der Waals surface area contributed by atoms with E-state index in [9.17, 15) is 9.59 Å². The fourth-order valence-electron chi connectivity index (χ4n) is 2.92. The molecule has 0 fully saturated rings. The first-order chi connectivity index (χ1) is 11.5. The molecule has 1 aliphatic rings. The highest BCUT2D eigenvalue weighted by molar-refractivity contribution is 6.06. The zero-order valence-corrected chi connectivity index (χ0v) is 14.0. The molecule has 0 unspecified atom stereocenters. The van der Waals surface area contributed by atoms with Crippen LogP contribution >= 0.6 is 0 Å². The number of carbonyl (C=O) groups excluding carboxylic acids is 2. The Bertz CT molecular complexity index is 766. The van der Waals surface area contributed by atoms with Crippen molar-refractivity contribution < 1.29 is 18.7 Å². The number of ether oxygens (including phenoxy) is 1. The average Bonchev–Trinajstić information content (AvgIpc) is 3.09. The molecule has 6 heteroatoms. The molecule has 2 heterocycles. The fourth-order valence-corrected chi connectivity index (χ4v) is 2.92. The van der Waals surface area contributed by atoms with Gasteiger partial charge in [-0.25, -0.2) is 4.79 Å². The van der Waals surface area contributed by atoms with Crippen molar-refractivity contribution in [2.24, 2.45) is 0 Å². The molecule has 0 radical (unpaired) electrons. The lowest BCUT2D eigenvalue weighted by Gasteiger charge is -2.37. The van der Waals surface area contributed by atoms with Gasteiger partial charge < -0.3 is 19.0 Å². The maximum Gasteiger partial charge on any atom is 0.341 e. The van der Waals surface area contributed by atoms with E-state index < -0.39 is 5.97 Å². The number of carbonyl (C=O) groups is 2. The molecular weight excluding hydrogens is 308 g/mol. The molecule has 0 bridgehead atoms. The summed E-state index contributed by atoms with van der Waals surface area (Å²) in [4.78, 5) is 28.3. The number of fused-ring (bicyclic) bond motifs is 1. The minimum absolute atomic E-state index is 0.129. The Morgan fingerprint density at radius 1 is 1.29 bits per heavy atom. The molecule has 6 nitrogen and oxygen atoms in total. The molecule has 1 aromatic carbocycles. The number of hydrogen-bond donors (Lipinski definition) is 0. The molecule has 0 saturated heterocycles. The van der Waals surface area contributed by atoms with E-state index in [1.54, 1.807) is 4.90 Å². The Hall–Kier alpha value is -2.60. The van der Waals surface area contributed by atoms with Crippen molar-refractivity contribution in [1.82, 2.24) is 4.90 Å². The van der Waals surface area contributed by atoms with E-state index in [-0.39, 0.29) is 23.3 Å². The number of benzene rings is 1. The van der Waals surface area contributed by atoms with Crippen LogP contribution in [0, 0.1) is 0 Å². The van der Waals surface area contributed by atoms with Crippen LogP contribution in [0.1, 0.15) is 26.5 Å². The molecule has 24 heavy (non-hydrogen) atoms. The third-order valence-electron chi connectivity index (χ3n) is 4.34. The van der Waals surface area contributed by atoms with Gasteiger partial charge in [-0.05, 0) is 32.1 Å². The van der Waals surface area contributed by atoms with Crippen molar-refractivity contribution in [3.8, 4) is 0 Å². The topological polar surface area (TPSA) is 63.0 Å². The van der Waals surface area contributed by atoms with Crippen LogP contribution in [0.2, 0.25) is 0 Å². The van der Waals surface area contributed by atoms with Crippen LogP contribution in [0.3, 0.4) is 0 Å². The molecule has 3 rings (SSSR count). The lowest BCUT2D eigenvalue weighted by molar-refractivity contribution is 0.0600. The lowest BCUT2D eigenvalue weighted by atomic mass is 9.97. The van der Waals surface area contributed by atoms with E-state index >= 15 is 0 Å². The average molecular weight is 328 g/mol. The van der Waals surface area contributed by atoms with Crippen LogP contribution in [-0.2, 0) is 11.2 Å². The second-order valence-electron chi connectivity index (χ2n) is 6.06. The van der Waals surface area contributed by atoms with Gasteiger partial charge in [-0.15, -0.1) is 0 Å². The summed E-state index contributed by atoms with van der Waals surface area (Å²) in [6.45, 7) is 0.567. The monoisotopic (exact) mass is 328 g/mol. The molecule has 0 saturated carbocycles. The fraction of sp³-hybridized carbons (Fsp3) is 0.333. The second kappa shape index (κ2) is 6.49. The summed E-state index contributed by atoms with van der Waals surface area (Å²) in [6, 6.07) is 9.50. The van der Waals surface area contributed by atoms with Crippen LogP contribution in [0.5, 0.6) is 0 Å². The number of esters is 1. The second-order valence-corrected chi connectivity index (χ2v) is 6.06. The summed E-state index contributed by atoms with van der Waals surface area (Å²) in [5.74, 6) is -0.656. The van der Waals surface area contributed by atoms with E-state index in [2.05, 4.69) is 9.64 Å². The third-order valence-corrected chi connectivity index (χ3v) is 4.34. The molecule has 1 aromatic heterocycles. The standard InChI is InChI=1S/C18H20N2O4/c1-19(2)14-8-12-6-4-5-7-15(12)20(10-14)17(21)16-9-13(11-24-16)18(22)23-3/h4-7,9,11,14H,8,10H2,1-3H3/t14-/m0/s1. The number of amides is 1. The number of anilines is 1. The summed E-state index contributed by atoms with van der Waals surface area (Å²) in [5.41, 5.74) is 2.24. The summed E-state index contributed by atoms with van der Waals surface area (Å²) in [6.07, 6.45) is 2.14. The molecule has 1 aliphatic heterocycles. The Labute approximate surface area is 140 Å². The highest BCUT2D eigenvalue weighted by Gasteiger charge is 2.31. The molecule has 1 amide bonds. The van der Waals surface area contributed by atoms with Gasteiger partial charge in [-0.1, -0.05) is 18.2 Å². The molecule has 0 N–H and O–H groups in total. The minimum atomic E-state index is -0.525. The Morgan fingerprint density at radius 2 is 2.04 bits per heavy atom. The minimum Gasteiger partial charge on any atom is -0.465 e. The van der Waals surface area contributed by atoms with Crippen molar-refractivity contribution in [3.63, 3.8) is 0 Å². The highest BCUT2D eigenvalue weighted by Crippen LogP contribution is 2.30. The number of furan rings is 1. The van der Waals surface area contributed by atoms with Gasteiger partial charge in [0.15, 0.2) is 5.76 Å². The van der Waals surface area contributed by atoms with Crippen LogP contribution in [0.4, 0.5) is 5.69 Å². The maximum atomic E-state index is 12.9. The first kappa shape index (κ1) is 16.3. The van der Waals surface area contributed by atoms with Gasteiger partial charge in [0.05, 0.1) is 12.7 Å². The lowest BCUT2D eigenvalue weighted by Crippen LogP contribution is -2.48. The number of nitrogens with zero attached hydrogens (tertiary/aromatic N) is 2. The van der Waals surface area contributed by atoms with Crippen molar-refractivity contribution in [1.29, 1.82) is 0 Å². The van der Waals surface area contributed by atoms with Gasteiger partial charge in [-0.3, -0.25) is 4.79 Å². The maximum absolute atomic E-state index is 12.9. The molecule has 1 atom stereocenters. The Morgan fingerprint density at radius 3 is 2.75 bits per heavy atom. The van der Waals surface area contributed by atoms with Gasteiger partial charge in [0.25, 0.3) is 5.91 Å². The van der Waals surface area contributed by atoms with Crippen LogP contribution in [0.15, 0.2) is 41.0 Å². The van der Waals surface area contributed by atoms with Crippen LogP contribution in [0.25, 0.3) is 0 Å². The van der Waals surface area contributed by atoms with Crippen molar-refractivity contribution in [3.05, 3.63) is 53.5 Å². The van der Waals surface area contributed by atoms with Crippen molar-refractivity contribution in [2.75, 3.05) is 32.6 Å². The molecule has 0 spiro atoms. The van der Waals surface area contributed by atoms with Gasteiger partial charge in [0, 0.05) is 24.3 Å². The predicted molar refractivity (Wildman–Crippen MR) is 89.3 cm³/mol. The van der Waals surface area contributed by atoms with Crippen LogP contribution in [-0.4, -0.2) is 50.6 Å². The first-order valence-electron chi connectivity index (χ1n) is 7.74. The summed E-state index contributed by atoms with van der Waals surface area (Å²) in [5, 5.41) is 0. The van der Waals surface area contributed by atoms with E-state index in [4.69, 9.17) is 4.42 Å². The van der Waals surface area contributed by atoms with Gasteiger partial charge in [-0.2, -0.15) is 0 Å². The van der Waals surface area contributed by atoms with Gasteiger partial charge in [0.2, 0.25) is 0 Å². The first-order valence-corrected chi connectivity index (χ1v) is 7.74. The quantitative estimate of drug-likeness (QED) is 0.808. The summed E-state index contributed by atoms with van der Waals surface area (Å²) < 4.78 is 9.96. The van der Waals surface area contributed by atoms with Crippen molar-refractivity contribution in [2.45, 2.75) is 12.5 Å². The van der Waals surface area contributed by atoms with Gasteiger partial charge in [0.1, 0.15) is 6.26 Å². The smallest absolute Gasteiger partial charge is 0.341 e. The number of likely N-dealkylation sites (N-methyl/N-ethyl adjacent to an activating group) is 1. The molecule has 0 aliphatic carbocycles. The third kappa shape index (κ3) is 2.92. The Kier molecular flexibility index (Phi) is 4.40. The SMILES string of the molecule is COC(=O)c1coc(C(=O)N2C[C@@H](N(C)C)Cc3ccccc32)c1. The number of hydrogen-bond acceptors (Lipinski definition) is 5. The molecule has 2 aromatic rings. The normalized spacial score (nSPS) is 16.8. The van der Waals surface area contributed by atoms with E-state index in [1.807, 2.05) is 38.4 Å². The van der Waals surface area contributed by atoms with Crippen LogP contribution < -0.4 is 4.90 Å². The predicted octanol–water partition coefficient (Wildman–Crippen LogP) is 2.20. The zero-order valence-electron chi connectivity index (χ0n) is 14.0. The number of methoxy groups -OCH3 is 1. The Balaban J connectivity index is 1.93. The van der Waals surface area contributed by atoms with E-state index in [1.165, 1.54) is 19.4 Å². The number of rotatable bonds is 3. The number of para-hydroxylation sites is 1. The van der Waals surface area contributed by atoms with E-state index in [0.29, 0.717) is 6.54 Å². The van der Waals surface area contributed by atoms with Gasteiger partial charge >= 0.3 is 5.97 Å². The van der Waals surface area contributed by atoms with Crippen molar-refractivity contribution >= 4 is 17.6 Å². The van der Waals surface area contributed by atoms with E-state index in [0.717, 1.165) is 17.7 Å². The highest BCUT2D eigenvalue weighted by atomic mass is 16.5. The largest absolute Gasteiger partial charge is 0.465 e. The summed E-state index contributed by atoms with van der Waals surface area (Å²) >= 11 is 0.